The maximum absolute atomic E-state index is 13.2. The molecule has 4 aromatic rings. The fourth-order valence-electron chi connectivity index (χ4n) is 4.10. The molecule has 0 spiro atoms. The van der Waals surface area contributed by atoms with E-state index in [1.165, 1.54) is 0 Å². The number of amides is 1. The first kappa shape index (κ1) is 23.3. The zero-order valence-electron chi connectivity index (χ0n) is 20.1. The molecule has 1 atom stereocenters. The van der Waals surface area contributed by atoms with E-state index in [1.54, 1.807) is 38.4 Å². The van der Waals surface area contributed by atoms with Crippen LogP contribution >= 0.6 is 0 Å². The van der Waals surface area contributed by atoms with Gasteiger partial charge in [-0.1, -0.05) is 36.1 Å². The van der Waals surface area contributed by atoms with Crippen LogP contribution in [-0.4, -0.2) is 31.1 Å². The standard InChI is InChI=1S/C29H26N4O3/c1-29(2,35)14-12-20-8-9-21-10-11-24(27-31-16-17-33(27)26(21)18-20)32-28(34)25-19-23(13-15-30-25)36-22-6-4-3-5-7-22/h3-9,13,15-19,24,35H,10-11H2,1-2H3,(H,32,34). The molecule has 2 aromatic carbocycles. The van der Waals surface area contributed by atoms with Crippen LogP contribution in [0.4, 0.5) is 0 Å². The van der Waals surface area contributed by atoms with E-state index in [0.717, 1.165) is 29.1 Å². The maximum atomic E-state index is 13.2. The van der Waals surface area contributed by atoms with Gasteiger partial charge >= 0.3 is 0 Å². The van der Waals surface area contributed by atoms with E-state index >= 15 is 0 Å². The second kappa shape index (κ2) is 9.68. The molecule has 0 bridgehead atoms. The van der Waals surface area contributed by atoms with E-state index in [9.17, 15) is 9.90 Å². The molecular formula is C29H26N4O3. The number of hydrogen-bond donors (Lipinski definition) is 2. The highest BCUT2D eigenvalue weighted by Crippen LogP contribution is 2.30. The number of aliphatic hydroxyl groups is 1. The molecule has 0 saturated heterocycles. The average molecular weight is 479 g/mol. The number of nitrogens with zero attached hydrogens (tertiary/aromatic N) is 3. The first-order valence-electron chi connectivity index (χ1n) is 11.8. The van der Waals surface area contributed by atoms with Crippen molar-refractivity contribution in [1.82, 2.24) is 19.9 Å². The second-order valence-electron chi connectivity index (χ2n) is 9.16. The Morgan fingerprint density at radius 3 is 2.72 bits per heavy atom. The summed E-state index contributed by atoms with van der Waals surface area (Å²) in [5.41, 5.74) is 2.11. The Morgan fingerprint density at radius 2 is 1.92 bits per heavy atom. The number of aryl methyl sites for hydroxylation is 1. The van der Waals surface area contributed by atoms with Crippen molar-refractivity contribution in [1.29, 1.82) is 0 Å². The number of ether oxygens (including phenoxy) is 1. The maximum Gasteiger partial charge on any atom is 0.270 e. The smallest absolute Gasteiger partial charge is 0.270 e. The summed E-state index contributed by atoms with van der Waals surface area (Å²) in [7, 11) is 0. The van der Waals surface area contributed by atoms with Crippen molar-refractivity contribution < 1.29 is 14.6 Å². The van der Waals surface area contributed by atoms with Crippen LogP contribution in [-0.2, 0) is 6.42 Å². The number of nitrogens with one attached hydrogen (secondary N) is 1. The monoisotopic (exact) mass is 478 g/mol. The van der Waals surface area contributed by atoms with E-state index in [1.807, 2.05) is 59.3 Å². The fraction of sp³-hybridized carbons (Fsp3) is 0.207. The molecule has 7 nitrogen and oxygen atoms in total. The van der Waals surface area contributed by atoms with Gasteiger partial charge in [-0.15, -0.1) is 0 Å². The number of fused-ring (bicyclic) bond motifs is 3. The summed E-state index contributed by atoms with van der Waals surface area (Å²) < 4.78 is 7.85. The highest BCUT2D eigenvalue weighted by molar-refractivity contribution is 5.92. The van der Waals surface area contributed by atoms with Crippen molar-refractivity contribution in [2.45, 2.75) is 38.3 Å². The number of aromatic nitrogens is 3. The molecule has 1 aliphatic rings. The molecule has 2 N–H and O–H groups in total. The van der Waals surface area contributed by atoms with Crippen LogP contribution in [0.15, 0.2) is 79.3 Å². The molecule has 0 aliphatic carbocycles. The quantitative estimate of drug-likeness (QED) is 0.419. The summed E-state index contributed by atoms with van der Waals surface area (Å²) in [6.45, 7) is 3.31. The number of para-hydroxylation sites is 1. The molecule has 0 fully saturated rings. The van der Waals surface area contributed by atoms with Gasteiger partial charge in [0, 0.05) is 30.2 Å². The van der Waals surface area contributed by atoms with E-state index < -0.39 is 5.60 Å². The van der Waals surface area contributed by atoms with E-state index in [4.69, 9.17) is 4.74 Å². The molecule has 0 saturated carbocycles. The Morgan fingerprint density at radius 1 is 1.08 bits per heavy atom. The Bertz CT molecular complexity index is 1460. The summed E-state index contributed by atoms with van der Waals surface area (Å²) in [6.07, 6.45) is 6.62. The lowest BCUT2D eigenvalue weighted by Crippen LogP contribution is -2.30. The number of imidazole rings is 1. The number of benzene rings is 2. The van der Waals surface area contributed by atoms with Gasteiger partial charge < -0.3 is 19.7 Å². The van der Waals surface area contributed by atoms with Crippen LogP contribution in [0.2, 0.25) is 0 Å². The summed E-state index contributed by atoms with van der Waals surface area (Å²) in [6, 6.07) is 18.4. The van der Waals surface area contributed by atoms with Gasteiger partial charge in [0.2, 0.25) is 0 Å². The third kappa shape index (κ3) is 5.29. The summed E-state index contributed by atoms with van der Waals surface area (Å²) >= 11 is 0. The Kier molecular flexibility index (Phi) is 6.28. The van der Waals surface area contributed by atoms with Crippen molar-refractivity contribution >= 4 is 5.91 Å². The van der Waals surface area contributed by atoms with Gasteiger partial charge in [0.1, 0.15) is 28.6 Å². The van der Waals surface area contributed by atoms with Gasteiger partial charge in [-0.25, -0.2) is 4.98 Å². The molecule has 1 amide bonds. The minimum absolute atomic E-state index is 0.271. The molecule has 0 radical (unpaired) electrons. The minimum atomic E-state index is -1.07. The largest absolute Gasteiger partial charge is 0.457 e. The molecule has 3 heterocycles. The van der Waals surface area contributed by atoms with Crippen LogP contribution < -0.4 is 10.1 Å². The van der Waals surface area contributed by atoms with E-state index in [-0.39, 0.29) is 17.6 Å². The highest BCUT2D eigenvalue weighted by Gasteiger charge is 2.26. The predicted molar refractivity (Wildman–Crippen MR) is 136 cm³/mol. The van der Waals surface area contributed by atoms with E-state index in [0.29, 0.717) is 17.9 Å². The summed E-state index contributed by atoms with van der Waals surface area (Å²) in [4.78, 5) is 22.0. The van der Waals surface area contributed by atoms with Crippen LogP contribution in [0, 0.1) is 11.8 Å². The van der Waals surface area contributed by atoms with Crippen LogP contribution in [0.25, 0.3) is 5.69 Å². The predicted octanol–water partition coefficient (Wildman–Crippen LogP) is 4.60. The minimum Gasteiger partial charge on any atom is -0.457 e. The average Bonchev–Trinajstić information content (AvgIpc) is 3.30. The lowest BCUT2D eigenvalue weighted by atomic mass is 10.0. The van der Waals surface area contributed by atoms with Gasteiger partial charge in [0.15, 0.2) is 0 Å². The Labute approximate surface area is 209 Å². The van der Waals surface area contributed by atoms with Crippen LogP contribution in [0.5, 0.6) is 11.5 Å². The molecule has 7 heteroatoms. The van der Waals surface area contributed by atoms with Gasteiger partial charge in [0.05, 0.1) is 11.7 Å². The Hall–Kier alpha value is -4.41. The number of carbonyl (C=O) groups is 1. The van der Waals surface area contributed by atoms with E-state index in [2.05, 4.69) is 27.1 Å². The second-order valence-corrected chi connectivity index (χ2v) is 9.16. The lowest BCUT2D eigenvalue weighted by molar-refractivity contribution is 0.0927. The first-order valence-corrected chi connectivity index (χ1v) is 11.8. The molecule has 180 valence electrons. The van der Waals surface area contributed by atoms with Crippen molar-refractivity contribution in [2.24, 2.45) is 0 Å². The van der Waals surface area contributed by atoms with Crippen LogP contribution in [0.3, 0.4) is 0 Å². The highest BCUT2D eigenvalue weighted by atomic mass is 16.5. The lowest BCUT2D eigenvalue weighted by Gasteiger charge is -2.17. The first-order chi connectivity index (χ1) is 17.4. The zero-order valence-corrected chi connectivity index (χ0v) is 20.1. The molecule has 1 unspecified atom stereocenters. The third-order valence-corrected chi connectivity index (χ3v) is 5.79. The number of rotatable bonds is 4. The molecule has 2 aromatic heterocycles. The summed E-state index contributed by atoms with van der Waals surface area (Å²) in [5.74, 6) is 7.57. The third-order valence-electron chi connectivity index (χ3n) is 5.79. The van der Waals surface area contributed by atoms with Crippen molar-refractivity contribution in [3.05, 3.63) is 102 Å². The normalized spacial score (nSPS) is 14.5. The van der Waals surface area contributed by atoms with Crippen molar-refractivity contribution in [3.63, 3.8) is 0 Å². The molecular weight excluding hydrogens is 452 g/mol. The number of carbonyl (C=O) groups excluding carboxylic acids is 1. The molecule has 5 rings (SSSR count). The van der Waals surface area contributed by atoms with Gasteiger partial charge in [-0.3, -0.25) is 9.78 Å². The van der Waals surface area contributed by atoms with Gasteiger partial charge in [-0.05, 0) is 62.6 Å². The fourth-order valence-corrected chi connectivity index (χ4v) is 4.10. The van der Waals surface area contributed by atoms with Crippen LogP contribution in [0.1, 0.15) is 53.7 Å². The van der Waals surface area contributed by atoms with Crippen molar-refractivity contribution in [3.8, 4) is 29.0 Å². The Balaban J connectivity index is 1.37. The van der Waals surface area contributed by atoms with Gasteiger partial charge in [0.25, 0.3) is 5.91 Å². The molecule has 1 aliphatic heterocycles. The van der Waals surface area contributed by atoms with Crippen molar-refractivity contribution in [2.75, 3.05) is 0 Å². The SMILES string of the molecule is CC(C)(O)C#Cc1ccc2c(c1)-n1ccnc1C(NC(=O)c1cc(Oc3ccccc3)ccn1)CC2. The zero-order chi connectivity index (χ0) is 25.1. The molecule has 36 heavy (non-hydrogen) atoms. The number of hydrogen-bond acceptors (Lipinski definition) is 5. The number of pyridine rings is 1. The van der Waals surface area contributed by atoms with Gasteiger partial charge in [-0.2, -0.15) is 0 Å². The topological polar surface area (TPSA) is 89.3 Å². The summed E-state index contributed by atoms with van der Waals surface area (Å²) in [5, 5.41) is 13.1.